The van der Waals surface area contributed by atoms with Crippen LogP contribution in [0.3, 0.4) is 0 Å². The molecule has 2 aliphatic rings. The van der Waals surface area contributed by atoms with Gasteiger partial charge >= 0.3 is 0 Å². The molecule has 7 nitrogen and oxygen atoms in total. The van der Waals surface area contributed by atoms with E-state index in [2.05, 4.69) is 22.4 Å². The van der Waals surface area contributed by atoms with Crippen molar-refractivity contribution < 1.29 is 14.1 Å². The molecule has 3 heterocycles. The third kappa shape index (κ3) is 2.94. The number of aromatic nitrogens is 2. The highest BCUT2D eigenvalue weighted by atomic mass is 16.5. The Morgan fingerprint density at radius 2 is 2.33 bits per heavy atom. The van der Waals surface area contributed by atoms with Gasteiger partial charge in [-0.1, -0.05) is 12.1 Å². The smallest absolute Gasteiger partial charge is 0.295 e. The number of piperidine rings is 1. The number of carbonyl (C=O) groups is 1. The number of hydrogen-bond acceptors (Lipinski definition) is 6. The van der Waals surface area contributed by atoms with Crippen molar-refractivity contribution in [1.82, 2.24) is 20.4 Å². The number of ether oxygens (including phenoxy) is 1. The lowest BCUT2D eigenvalue weighted by Gasteiger charge is -2.35. The molecule has 2 saturated heterocycles. The van der Waals surface area contributed by atoms with E-state index in [9.17, 15) is 4.79 Å². The average molecular weight is 294 g/mol. The summed E-state index contributed by atoms with van der Waals surface area (Å²) in [6.07, 6.45) is 3.07. The second-order valence-corrected chi connectivity index (χ2v) is 5.90. The van der Waals surface area contributed by atoms with Crippen LogP contribution < -0.4 is 5.32 Å². The fraction of sp³-hybridized carbons (Fsp3) is 0.786. The lowest BCUT2D eigenvalue weighted by Crippen LogP contribution is -2.46. The third-order valence-corrected chi connectivity index (χ3v) is 4.47. The van der Waals surface area contributed by atoms with Gasteiger partial charge in [0.05, 0.1) is 12.1 Å². The number of nitrogens with one attached hydrogen (secondary N) is 1. The molecule has 2 fully saturated rings. The van der Waals surface area contributed by atoms with Gasteiger partial charge in [-0.25, -0.2) is 0 Å². The number of likely N-dealkylation sites (tertiary alicyclic amines) is 1. The van der Waals surface area contributed by atoms with Crippen molar-refractivity contribution in [2.75, 3.05) is 26.7 Å². The highest BCUT2D eigenvalue weighted by Gasteiger charge is 2.32. The summed E-state index contributed by atoms with van der Waals surface area (Å²) < 4.78 is 10.7. The summed E-state index contributed by atoms with van der Waals surface area (Å²) in [6, 6.07) is 0.0900. The van der Waals surface area contributed by atoms with E-state index in [0.717, 1.165) is 25.8 Å². The van der Waals surface area contributed by atoms with Gasteiger partial charge in [0.1, 0.15) is 0 Å². The van der Waals surface area contributed by atoms with Crippen molar-refractivity contribution in [1.29, 1.82) is 0 Å². The average Bonchev–Trinajstić information content (AvgIpc) is 3.18. The standard InChI is InChI=1S/C14H22N4O3/c1-9-5-7-18(8-11(9)20-2)14(19)12-16-13(21-17-12)10-4-3-6-15-10/h9-11,15H,3-8H2,1-2H3. The topological polar surface area (TPSA) is 80.5 Å². The minimum atomic E-state index is -0.169. The van der Waals surface area contributed by atoms with Crippen LogP contribution in [0, 0.1) is 5.92 Å². The van der Waals surface area contributed by atoms with Crippen molar-refractivity contribution in [3.63, 3.8) is 0 Å². The van der Waals surface area contributed by atoms with Crippen LogP contribution in [-0.2, 0) is 4.74 Å². The van der Waals surface area contributed by atoms with E-state index in [1.807, 2.05) is 0 Å². The van der Waals surface area contributed by atoms with E-state index >= 15 is 0 Å². The molecule has 116 valence electrons. The third-order valence-electron chi connectivity index (χ3n) is 4.47. The first kappa shape index (κ1) is 14.5. The highest BCUT2D eigenvalue weighted by Crippen LogP contribution is 2.23. The number of carbonyl (C=O) groups excluding carboxylic acids is 1. The summed E-state index contributed by atoms with van der Waals surface area (Å²) in [7, 11) is 1.69. The minimum absolute atomic E-state index is 0.0746. The van der Waals surface area contributed by atoms with Crippen LogP contribution in [0.5, 0.6) is 0 Å². The van der Waals surface area contributed by atoms with Gasteiger partial charge in [-0.05, 0) is 31.7 Å². The molecular weight excluding hydrogens is 272 g/mol. The van der Waals surface area contributed by atoms with Gasteiger partial charge in [0, 0.05) is 20.2 Å². The van der Waals surface area contributed by atoms with Gasteiger partial charge in [-0.2, -0.15) is 4.98 Å². The predicted octanol–water partition coefficient (Wildman–Crippen LogP) is 0.991. The molecule has 2 aliphatic heterocycles. The molecule has 3 rings (SSSR count). The van der Waals surface area contributed by atoms with Gasteiger partial charge in [0.15, 0.2) is 0 Å². The van der Waals surface area contributed by atoms with Gasteiger partial charge < -0.3 is 19.5 Å². The molecule has 0 bridgehead atoms. The Hall–Kier alpha value is -1.47. The second kappa shape index (κ2) is 6.11. The predicted molar refractivity (Wildman–Crippen MR) is 74.8 cm³/mol. The van der Waals surface area contributed by atoms with Crippen LogP contribution in [0.1, 0.15) is 48.7 Å². The molecule has 0 spiro atoms. The molecule has 7 heteroatoms. The Kier molecular flexibility index (Phi) is 4.21. The molecule has 1 aromatic rings. The van der Waals surface area contributed by atoms with Crippen molar-refractivity contribution >= 4 is 5.91 Å². The van der Waals surface area contributed by atoms with Crippen molar-refractivity contribution in [3.05, 3.63) is 11.7 Å². The van der Waals surface area contributed by atoms with E-state index < -0.39 is 0 Å². The summed E-state index contributed by atoms with van der Waals surface area (Å²) in [4.78, 5) is 18.5. The normalized spacial score (nSPS) is 29.8. The number of nitrogens with zero attached hydrogens (tertiary/aromatic N) is 3. The van der Waals surface area contributed by atoms with Gasteiger partial charge in [-0.3, -0.25) is 4.79 Å². The molecule has 0 aromatic carbocycles. The van der Waals surface area contributed by atoms with Crippen LogP contribution >= 0.6 is 0 Å². The van der Waals surface area contributed by atoms with E-state index in [4.69, 9.17) is 9.26 Å². The molecule has 1 N–H and O–H groups in total. The number of amides is 1. The Balaban J connectivity index is 1.67. The summed E-state index contributed by atoms with van der Waals surface area (Å²) in [6.45, 7) is 4.40. The monoisotopic (exact) mass is 294 g/mol. The van der Waals surface area contributed by atoms with Crippen molar-refractivity contribution in [2.24, 2.45) is 5.92 Å². The maximum absolute atomic E-state index is 12.5. The van der Waals surface area contributed by atoms with Gasteiger partial charge in [0.2, 0.25) is 5.89 Å². The zero-order valence-electron chi connectivity index (χ0n) is 12.5. The maximum atomic E-state index is 12.5. The van der Waals surface area contributed by atoms with Crippen molar-refractivity contribution in [3.8, 4) is 0 Å². The van der Waals surface area contributed by atoms with Crippen LogP contribution in [0.4, 0.5) is 0 Å². The summed E-state index contributed by atoms with van der Waals surface area (Å²) in [5.74, 6) is 0.965. The van der Waals surface area contributed by atoms with Gasteiger partial charge in [-0.15, -0.1) is 0 Å². The van der Waals surface area contributed by atoms with Crippen LogP contribution in [-0.4, -0.2) is 53.8 Å². The SMILES string of the molecule is COC1CN(C(=O)c2noc(C3CCCN3)n2)CCC1C. The quantitative estimate of drug-likeness (QED) is 0.895. The van der Waals surface area contributed by atoms with E-state index in [0.29, 0.717) is 24.9 Å². The molecule has 1 aromatic heterocycles. The fourth-order valence-electron chi connectivity index (χ4n) is 3.03. The Labute approximate surface area is 124 Å². The first-order valence-electron chi connectivity index (χ1n) is 7.58. The number of rotatable bonds is 3. The lowest BCUT2D eigenvalue weighted by molar-refractivity contribution is -0.00209. The first-order valence-corrected chi connectivity index (χ1v) is 7.58. The number of methoxy groups -OCH3 is 1. The highest BCUT2D eigenvalue weighted by molar-refractivity contribution is 5.90. The zero-order valence-corrected chi connectivity index (χ0v) is 12.5. The fourth-order valence-corrected chi connectivity index (χ4v) is 3.03. The Morgan fingerprint density at radius 3 is 3.05 bits per heavy atom. The number of hydrogen-bond donors (Lipinski definition) is 1. The van der Waals surface area contributed by atoms with Crippen LogP contribution in [0.25, 0.3) is 0 Å². The zero-order chi connectivity index (χ0) is 14.8. The Morgan fingerprint density at radius 1 is 1.48 bits per heavy atom. The van der Waals surface area contributed by atoms with Crippen LogP contribution in [0.15, 0.2) is 4.52 Å². The molecular formula is C14H22N4O3. The maximum Gasteiger partial charge on any atom is 0.295 e. The largest absolute Gasteiger partial charge is 0.379 e. The minimum Gasteiger partial charge on any atom is -0.379 e. The molecule has 3 unspecified atom stereocenters. The molecule has 1 amide bonds. The molecule has 0 aliphatic carbocycles. The van der Waals surface area contributed by atoms with E-state index in [1.165, 1.54) is 0 Å². The van der Waals surface area contributed by atoms with E-state index in [1.54, 1.807) is 12.0 Å². The summed E-state index contributed by atoms with van der Waals surface area (Å²) >= 11 is 0. The van der Waals surface area contributed by atoms with E-state index in [-0.39, 0.29) is 23.9 Å². The molecule has 21 heavy (non-hydrogen) atoms. The summed E-state index contributed by atoms with van der Waals surface area (Å²) in [5.41, 5.74) is 0. The molecule has 3 atom stereocenters. The first-order chi connectivity index (χ1) is 10.2. The van der Waals surface area contributed by atoms with Gasteiger partial charge in [0.25, 0.3) is 11.7 Å². The lowest BCUT2D eigenvalue weighted by atomic mass is 9.96. The summed E-state index contributed by atoms with van der Waals surface area (Å²) in [5, 5.41) is 7.13. The van der Waals surface area contributed by atoms with Crippen molar-refractivity contribution in [2.45, 2.75) is 38.3 Å². The van der Waals surface area contributed by atoms with Crippen LogP contribution in [0.2, 0.25) is 0 Å². The molecule has 0 saturated carbocycles. The Bertz CT molecular complexity index is 498. The molecule has 0 radical (unpaired) electrons. The second-order valence-electron chi connectivity index (χ2n) is 5.90.